The van der Waals surface area contributed by atoms with E-state index in [0.29, 0.717) is 11.6 Å². The summed E-state index contributed by atoms with van der Waals surface area (Å²) in [4.78, 5) is 7.22. The zero-order valence-corrected chi connectivity index (χ0v) is 16.0. The quantitative estimate of drug-likeness (QED) is 0.861. The van der Waals surface area contributed by atoms with Crippen molar-refractivity contribution in [1.82, 2.24) is 9.88 Å². The molecule has 0 unspecified atom stereocenters. The summed E-state index contributed by atoms with van der Waals surface area (Å²) in [5.41, 5.74) is 3.55. The van der Waals surface area contributed by atoms with E-state index in [-0.39, 0.29) is 0 Å². The van der Waals surface area contributed by atoms with Crippen LogP contribution in [0.15, 0.2) is 30.5 Å². The summed E-state index contributed by atoms with van der Waals surface area (Å²) in [6.45, 7) is 2.66. The number of nitrogens with zero attached hydrogens (tertiary/aromatic N) is 3. The van der Waals surface area contributed by atoms with Crippen LogP contribution in [-0.2, 0) is 0 Å². The Morgan fingerprint density at radius 3 is 2.52 bits per heavy atom. The molecule has 5 rings (SSSR count). The lowest BCUT2D eigenvalue weighted by Gasteiger charge is -2.41. The third-order valence-electron chi connectivity index (χ3n) is 7.26. The molecule has 2 heterocycles. The number of likely N-dealkylation sites (tertiary alicyclic amines) is 1. The monoisotopic (exact) mass is 360 g/mol. The summed E-state index contributed by atoms with van der Waals surface area (Å²) >= 11 is 0. The Labute approximate surface area is 161 Å². The molecule has 1 aromatic carbocycles. The van der Waals surface area contributed by atoms with Crippen LogP contribution in [-0.4, -0.2) is 35.1 Å². The van der Waals surface area contributed by atoms with Gasteiger partial charge < -0.3 is 10.2 Å². The first-order valence-corrected chi connectivity index (χ1v) is 10.5. The first kappa shape index (κ1) is 17.0. The normalized spacial score (nSPS) is 27.4. The molecule has 1 saturated heterocycles. The highest BCUT2D eigenvalue weighted by atomic mass is 15.2. The number of benzene rings is 1. The maximum Gasteiger partial charge on any atom is 0.0991 e. The second-order valence-corrected chi connectivity index (χ2v) is 8.89. The predicted molar refractivity (Wildman–Crippen MR) is 109 cm³/mol. The van der Waals surface area contributed by atoms with Gasteiger partial charge in [-0.2, -0.15) is 5.26 Å². The van der Waals surface area contributed by atoms with Crippen molar-refractivity contribution in [2.75, 3.05) is 18.4 Å². The van der Waals surface area contributed by atoms with Crippen LogP contribution in [0.4, 0.5) is 5.69 Å². The largest absolute Gasteiger partial charge is 0.382 e. The topological polar surface area (TPSA) is 52.0 Å². The summed E-state index contributed by atoms with van der Waals surface area (Å²) in [5, 5.41) is 14.0. The van der Waals surface area contributed by atoms with Gasteiger partial charge in [0, 0.05) is 29.4 Å². The molecule has 3 fully saturated rings. The minimum Gasteiger partial charge on any atom is -0.382 e. The first-order valence-electron chi connectivity index (χ1n) is 10.5. The smallest absolute Gasteiger partial charge is 0.0991 e. The van der Waals surface area contributed by atoms with Gasteiger partial charge in [0.15, 0.2) is 0 Å². The molecule has 2 saturated carbocycles. The molecule has 27 heavy (non-hydrogen) atoms. The average molecular weight is 361 g/mol. The van der Waals surface area contributed by atoms with Gasteiger partial charge in [-0.1, -0.05) is 0 Å². The summed E-state index contributed by atoms with van der Waals surface area (Å²) < 4.78 is 0. The van der Waals surface area contributed by atoms with Gasteiger partial charge in [0.2, 0.25) is 0 Å². The highest BCUT2D eigenvalue weighted by Gasteiger charge is 2.45. The van der Waals surface area contributed by atoms with Crippen LogP contribution in [0.5, 0.6) is 0 Å². The Morgan fingerprint density at radius 1 is 1.04 bits per heavy atom. The molecule has 1 N–H and O–H groups in total. The molecular formula is C23H28N4. The van der Waals surface area contributed by atoms with Gasteiger partial charge >= 0.3 is 0 Å². The van der Waals surface area contributed by atoms with Crippen LogP contribution in [0.25, 0.3) is 10.9 Å². The number of anilines is 1. The van der Waals surface area contributed by atoms with Crippen LogP contribution < -0.4 is 5.32 Å². The van der Waals surface area contributed by atoms with Crippen LogP contribution in [0.1, 0.15) is 56.9 Å². The number of hydrogen-bond donors (Lipinski definition) is 1. The lowest BCUT2D eigenvalue weighted by Crippen LogP contribution is -2.45. The number of piperidine rings is 1. The Bertz CT molecular complexity index is 862. The third-order valence-corrected chi connectivity index (χ3v) is 7.26. The SMILES string of the molecule is N#Cc1ccc2nccc(N[C@H]3CC[C@H](N4CCC5(CC4)CC5)CC3)c2c1. The second kappa shape index (κ2) is 6.80. The fraction of sp³-hybridized carbons (Fsp3) is 0.565. The standard InChI is InChI=1S/C23H28N4/c24-16-17-1-6-21-20(15-17)22(7-12-25-21)26-18-2-4-19(5-3-18)27-13-10-23(8-9-23)11-14-27/h1,6-7,12,15,18-19H,2-5,8-11,13-14H2,(H,25,26)/t18-,19-. The van der Waals surface area contributed by atoms with Crippen molar-refractivity contribution >= 4 is 16.6 Å². The number of nitrogens with one attached hydrogen (secondary N) is 1. The molecule has 0 amide bonds. The molecular weight excluding hydrogens is 332 g/mol. The van der Waals surface area contributed by atoms with Gasteiger partial charge in [-0.15, -0.1) is 0 Å². The highest BCUT2D eigenvalue weighted by Crippen LogP contribution is 2.54. The molecule has 140 valence electrons. The number of rotatable bonds is 3. The van der Waals surface area contributed by atoms with E-state index in [2.05, 4.69) is 27.3 Å². The lowest BCUT2D eigenvalue weighted by atomic mass is 9.86. The molecule has 3 aliphatic rings. The number of pyridine rings is 1. The Hall–Kier alpha value is -2.12. The Balaban J connectivity index is 1.22. The number of aromatic nitrogens is 1. The third kappa shape index (κ3) is 3.41. The number of nitriles is 1. The van der Waals surface area contributed by atoms with E-state index in [1.54, 1.807) is 0 Å². The fourth-order valence-electron chi connectivity index (χ4n) is 5.19. The van der Waals surface area contributed by atoms with Gasteiger partial charge in [-0.05, 0) is 94.1 Å². The molecule has 1 aromatic heterocycles. The van der Waals surface area contributed by atoms with Crippen molar-refractivity contribution < 1.29 is 0 Å². The average Bonchev–Trinajstić information content (AvgIpc) is 3.48. The lowest BCUT2D eigenvalue weighted by molar-refractivity contribution is 0.0975. The van der Waals surface area contributed by atoms with Crippen molar-refractivity contribution in [1.29, 1.82) is 5.26 Å². The zero-order valence-electron chi connectivity index (χ0n) is 16.0. The maximum atomic E-state index is 9.20. The minimum atomic E-state index is 0.525. The molecule has 4 heteroatoms. The number of hydrogen-bond acceptors (Lipinski definition) is 4. The highest BCUT2D eigenvalue weighted by molar-refractivity contribution is 5.92. The van der Waals surface area contributed by atoms with Crippen LogP contribution in [0.2, 0.25) is 0 Å². The molecule has 1 aliphatic heterocycles. The van der Waals surface area contributed by atoms with E-state index in [1.165, 1.54) is 64.5 Å². The first-order chi connectivity index (χ1) is 13.2. The minimum absolute atomic E-state index is 0.525. The molecule has 2 aromatic rings. The number of fused-ring (bicyclic) bond motifs is 1. The molecule has 1 spiro atoms. The summed E-state index contributed by atoms with van der Waals surface area (Å²) in [5.74, 6) is 0. The van der Waals surface area contributed by atoms with Gasteiger partial charge in [-0.25, -0.2) is 0 Å². The fourth-order valence-corrected chi connectivity index (χ4v) is 5.19. The summed E-state index contributed by atoms with van der Waals surface area (Å²) in [6.07, 6.45) is 12.8. The van der Waals surface area contributed by atoms with Crippen molar-refractivity contribution in [2.45, 2.75) is 63.5 Å². The van der Waals surface area contributed by atoms with Crippen LogP contribution in [0, 0.1) is 16.7 Å². The van der Waals surface area contributed by atoms with E-state index in [0.717, 1.165) is 28.0 Å². The second-order valence-electron chi connectivity index (χ2n) is 8.89. The van der Waals surface area contributed by atoms with Crippen molar-refractivity contribution in [2.24, 2.45) is 5.41 Å². The van der Waals surface area contributed by atoms with Gasteiger partial charge in [0.25, 0.3) is 0 Å². The van der Waals surface area contributed by atoms with E-state index in [9.17, 15) is 5.26 Å². The van der Waals surface area contributed by atoms with E-state index in [1.807, 2.05) is 24.4 Å². The predicted octanol–water partition coefficient (Wildman–Crippen LogP) is 4.71. The Morgan fingerprint density at radius 2 is 1.81 bits per heavy atom. The van der Waals surface area contributed by atoms with Crippen molar-refractivity contribution in [3.8, 4) is 6.07 Å². The van der Waals surface area contributed by atoms with Gasteiger partial charge in [0.1, 0.15) is 0 Å². The van der Waals surface area contributed by atoms with Crippen molar-refractivity contribution in [3.63, 3.8) is 0 Å². The van der Waals surface area contributed by atoms with E-state index >= 15 is 0 Å². The molecule has 4 nitrogen and oxygen atoms in total. The van der Waals surface area contributed by atoms with Crippen molar-refractivity contribution in [3.05, 3.63) is 36.0 Å². The van der Waals surface area contributed by atoms with Crippen LogP contribution in [0.3, 0.4) is 0 Å². The van der Waals surface area contributed by atoms with Gasteiger partial charge in [0.05, 0.1) is 17.1 Å². The van der Waals surface area contributed by atoms with Gasteiger partial charge in [-0.3, -0.25) is 4.98 Å². The van der Waals surface area contributed by atoms with Crippen LogP contribution >= 0.6 is 0 Å². The Kier molecular flexibility index (Phi) is 4.28. The van der Waals surface area contributed by atoms with E-state index in [4.69, 9.17) is 0 Å². The maximum absolute atomic E-state index is 9.20. The molecule has 0 radical (unpaired) electrons. The molecule has 2 aliphatic carbocycles. The summed E-state index contributed by atoms with van der Waals surface area (Å²) in [7, 11) is 0. The zero-order chi connectivity index (χ0) is 18.3. The van der Waals surface area contributed by atoms with E-state index < -0.39 is 0 Å². The molecule has 0 bridgehead atoms. The molecule has 0 atom stereocenters. The summed E-state index contributed by atoms with van der Waals surface area (Å²) in [6, 6.07) is 11.3.